The summed E-state index contributed by atoms with van der Waals surface area (Å²) in [6.45, 7) is 7.39. The number of fused-ring (bicyclic) bond motifs is 1. The number of para-hydroxylation sites is 1. The maximum absolute atomic E-state index is 12.9. The Morgan fingerprint density at radius 2 is 2.17 bits per heavy atom. The highest BCUT2D eigenvalue weighted by Crippen LogP contribution is 2.33. The Balaban J connectivity index is 1.82. The van der Waals surface area contributed by atoms with E-state index in [-0.39, 0.29) is 11.8 Å². The molecular weight excluding hydrogens is 290 g/mol. The Kier molecular flexibility index (Phi) is 4.19. The number of carbonyl (C=O) groups is 1. The van der Waals surface area contributed by atoms with Gasteiger partial charge in [-0.05, 0) is 31.7 Å². The first-order valence-electron chi connectivity index (χ1n) is 8.36. The standard InChI is InChI=1S/C19H25NO3/c1-13(2)10-14-11-20(9-8-19(14,3)22)18(21)16-12-23-17-7-5-4-6-15(16)17/h4-7,12-14,22H,8-11H2,1-3H3/t14-,19+/m1/s1. The van der Waals surface area contributed by atoms with Gasteiger partial charge in [-0.3, -0.25) is 4.79 Å². The summed E-state index contributed by atoms with van der Waals surface area (Å²) >= 11 is 0. The van der Waals surface area contributed by atoms with Gasteiger partial charge in [-0.2, -0.15) is 0 Å². The number of piperidine rings is 1. The van der Waals surface area contributed by atoms with Crippen LogP contribution in [0.2, 0.25) is 0 Å². The van der Waals surface area contributed by atoms with Crippen molar-refractivity contribution in [3.05, 3.63) is 36.1 Å². The quantitative estimate of drug-likeness (QED) is 0.940. The minimum atomic E-state index is -0.695. The summed E-state index contributed by atoms with van der Waals surface area (Å²) in [5.41, 5.74) is 0.656. The second kappa shape index (κ2) is 6.00. The van der Waals surface area contributed by atoms with E-state index in [0.717, 1.165) is 17.4 Å². The van der Waals surface area contributed by atoms with E-state index in [0.29, 0.717) is 31.0 Å². The molecule has 4 heteroatoms. The number of furan rings is 1. The van der Waals surface area contributed by atoms with Gasteiger partial charge in [0, 0.05) is 24.4 Å². The van der Waals surface area contributed by atoms with Gasteiger partial charge in [-0.25, -0.2) is 0 Å². The van der Waals surface area contributed by atoms with E-state index in [1.807, 2.05) is 36.1 Å². The Bertz CT molecular complexity index is 701. The molecule has 124 valence electrons. The summed E-state index contributed by atoms with van der Waals surface area (Å²) < 4.78 is 5.50. The van der Waals surface area contributed by atoms with Crippen molar-refractivity contribution in [1.82, 2.24) is 4.90 Å². The van der Waals surface area contributed by atoms with Gasteiger partial charge in [-0.1, -0.05) is 32.0 Å². The van der Waals surface area contributed by atoms with Crippen molar-refractivity contribution in [1.29, 1.82) is 0 Å². The molecule has 1 fully saturated rings. The molecule has 0 aliphatic carbocycles. The number of aliphatic hydroxyl groups is 1. The Morgan fingerprint density at radius 3 is 2.91 bits per heavy atom. The number of rotatable bonds is 3. The molecule has 0 radical (unpaired) electrons. The van der Waals surface area contributed by atoms with E-state index in [1.54, 1.807) is 6.26 Å². The summed E-state index contributed by atoms with van der Waals surface area (Å²) in [7, 11) is 0. The number of hydrogen-bond donors (Lipinski definition) is 1. The molecular formula is C19H25NO3. The van der Waals surface area contributed by atoms with Gasteiger partial charge in [0.1, 0.15) is 11.8 Å². The third-order valence-corrected chi connectivity index (χ3v) is 4.96. The van der Waals surface area contributed by atoms with Crippen molar-refractivity contribution >= 4 is 16.9 Å². The lowest BCUT2D eigenvalue weighted by atomic mass is 9.78. The second-order valence-corrected chi connectivity index (χ2v) is 7.33. The molecule has 1 aliphatic heterocycles. The first-order valence-corrected chi connectivity index (χ1v) is 8.36. The molecule has 1 aliphatic rings. The molecule has 1 N–H and O–H groups in total. The van der Waals surface area contributed by atoms with Crippen molar-refractivity contribution in [2.24, 2.45) is 11.8 Å². The molecule has 23 heavy (non-hydrogen) atoms. The van der Waals surface area contributed by atoms with Crippen molar-refractivity contribution in [2.75, 3.05) is 13.1 Å². The Morgan fingerprint density at radius 1 is 1.43 bits per heavy atom. The van der Waals surface area contributed by atoms with Gasteiger partial charge in [0.15, 0.2) is 0 Å². The predicted molar refractivity (Wildman–Crippen MR) is 90.3 cm³/mol. The van der Waals surface area contributed by atoms with Crippen LogP contribution in [-0.4, -0.2) is 34.6 Å². The third-order valence-electron chi connectivity index (χ3n) is 4.96. The smallest absolute Gasteiger partial charge is 0.257 e. The zero-order chi connectivity index (χ0) is 16.6. The summed E-state index contributed by atoms with van der Waals surface area (Å²) in [4.78, 5) is 14.8. The average molecular weight is 315 g/mol. The van der Waals surface area contributed by atoms with Crippen LogP contribution in [0.15, 0.2) is 34.9 Å². The number of amides is 1. The fourth-order valence-corrected chi connectivity index (χ4v) is 3.52. The molecule has 1 saturated heterocycles. The third kappa shape index (κ3) is 3.13. The Labute approximate surface area is 137 Å². The van der Waals surface area contributed by atoms with Crippen LogP contribution in [0.5, 0.6) is 0 Å². The van der Waals surface area contributed by atoms with Gasteiger partial charge in [0.2, 0.25) is 0 Å². The highest BCUT2D eigenvalue weighted by Gasteiger charge is 2.39. The van der Waals surface area contributed by atoms with Crippen LogP contribution in [0.4, 0.5) is 0 Å². The SMILES string of the molecule is CC(C)C[C@@H]1CN(C(=O)c2coc3ccccc23)CC[C@]1(C)O. The molecule has 0 bridgehead atoms. The van der Waals surface area contributed by atoms with Crippen LogP contribution in [0.3, 0.4) is 0 Å². The second-order valence-electron chi connectivity index (χ2n) is 7.33. The summed E-state index contributed by atoms with van der Waals surface area (Å²) in [6.07, 6.45) is 3.09. The summed E-state index contributed by atoms with van der Waals surface area (Å²) in [5, 5.41) is 11.5. The maximum atomic E-state index is 12.9. The monoisotopic (exact) mass is 315 g/mol. The first-order chi connectivity index (χ1) is 10.9. The van der Waals surface area contributed by atoms with E-state index in [9.17, 15) is 9.90 Å². The van der Waals surface area contributed by atoms with Crippen LogP contribution >= 0.6 is 0 Å². The largest absolute Gasteiger partial charge is 0.463 e. The number of benzene rings is 1. The van der Waals surface area contributed by atoms with E-state index < -0.39 is 5.60 Å². The lowest BCUT2D eigenvalue weighted by Gasteiger charge is -2.43. The normalized spacial score (nSPS) is 25.3. The zero-order valence-corrected chi connectivity index (χ0v) is 14.1. The summed E-state index contributed by atoms with van der Waals surface area (Å²) in [5.74, 6) is 0.605. The van der Waals surface area contributed by atoms with Crippen LogP contribution < -0.4 is 0 Å². The van der Waals surface area contributed by atoms with Crippen LogP contribution in [0, 0.1) is 11.8 Å². The van der Waals surface area contributed by atoms with Gasteiger partial charge in [-0.15, -0.1) is 0 Å². The fraction of sp³-hybridized carbons (Fsp3) is 0.526. The molecule has 0 saturated carbocycles. The molecule has 0 unspecified atom stereocenters. The number of hydrogen-bond acceptors (Lipinski definition) is 3. The molecule has 0 spiro atoms. The van der Waals surface area contributed by atoms with Crippen LogP contribution in [-0.2, 0) is 0 Å². The number of nitrogens with zero attached hydrogens (tertiary/aromatic N) is 1. The van der Waals surface area contributed by atoms with Gasteiger partial charge >= 0.3 is 0 Å². The lowest BCUT2D eigenvalue weighted by molar-refractivity contribution is -0.0576. The van der Waals surface area contributed by atoms with Gasteiger partial charge < -0.3 is 14.4 Å². The van der Waals surface area contributed by atoms with Crippen LogP contribution in [0.25, 0.3) is 11.0 Å². The average Bonchev–Trinajstić information content (AvgIpc) is 2.92. The van der Waals surface area contributed by atoms with Gasteiger partial charge in [0.25, 0.3) is 5.91 Å². The minimum absolute atomic E-state index is 0.000735. The predicted octanol–water partition coefficient (Wildman–Crippen LogP) is 3.69. The molecule has 2 aromatic rings. The van der Waals surface area contributed by atoms with Crippen molar-refractivity contribution in [3.63, 3.8) is 0 Å². The fourth-order valence-electron chi connectivity index (χ4n) is 3.52. The van der Waals surface area contributed by atoms with Crippen LogP contribution in [0.1, 0.15) is 44.0 Å². The first kappa shape index (κ1) is 16.1. The highest BCUT2D eigenvalue weighted by atomic mass is 16.3. The molecule has 2 atom stereocenters. The Hall–Kier alpha value is -1.81. The van der Waals surface area contributed by atoms with Crippen molar-refractivity contribution in [3.8, 4) is 0 Å². The zero-order valence-electron chi connectivity index (χ0n) is 14.1. The van der Waals surface area contributed by atoms with Crippen molar-refractivity contribution < 1.29 is 14.3 Å². The van der Waals surface area contributed by atoms with E-state index in [2.05, 4.69) is 13.8 Å². The molecule has 1 aromatic heterocycles. The van der Waals surface area contributed by atoms with Gasteiger partial charge in [0.05, 0.1) is 11.2 Å². The minimum Gasteiger partial charge on any atom is -0.463 e. The topological polar surface area (TPSA) is 53.7 Å². The molecule has 3 rings (SSSR count). The highest BCUT2D eigenvalue weighted by molar-refractivity contribution is 6.05. The number of likely N-dealkylation sites (tertiary alicyclic amines) is 1. The maximum Gasteiger partial charge on any atom is 0.257 e. The number of carbonyl (C=O) groups excluding carboxylic acids is 1. The summed E-state index contributed by atoms with van der Waals surface area (Å²) in [6, 6.07) is 7.60. The van der Waals surface area contributed by atoms with E-state index >= 15 is 0 Å². The molecule has 1 amide bonds. The molecule has 1 aromatic carbocycles. The lowest BCUT2D eigenvalue weighted by Crippen LogP contribution is -2.52. The van der Waals surface area contributed by atoms with E-state index in [4.69, 9.17) is 4.42 Å². The van der Waals surface area contributed by atoms with E-state index in [1.165, 1.54) is 0 Å². The van der Waals surface area contributed by atoms with Crippen molar-refractivity contribution in [2.45, 2.75) is 39.2 Å². The molecule has 4 nitrogen and oxygen atoms in total. The molecule has 2 heterocycles.